The minimum Gasteiger partial charge on any atom is -0.493 e. The van der Waals surface area contributed by atoms with Gasteiger partial charge in [0.15, 0.2) is 23.0 Å². The van der Waals surface area contributed by atoms with E-state index in [1.807, 2.05) is 24.3 Å². The Labute approximate surface area is 552 Å². The SMILES string of the molecule is C1CCOC1.COC(=O)C1CCN(C(=O)CNC(=O)c2ccccc2)CC1.COc1ccc(-c2noc(C3CCN(C(=O)CNC(=O)c4ccccc4)CC3)n2)cc1OC.COc1ccc(C(=N)CO)cc1OC.O=C(NCC(=O)N1CCC(C(=O)O)CC1)c1ccccc1. The summed E-state index contributed by atoms with van der Waals surface area (Å²) in [6.07, 6.45) is 6.12. The number of hydrogen-bond acceptors (Lipinski definition) is 19. The second-order valence-electron chi connectivity index (χ2n) is 22.0. The van der Waals surface area contributed by atoms with Gasteiger partial charge in [-0.15, -0.1) is 0 Å². The number of piperidine rings is 3. The zero-order chi connectivity index (χ0) is 68.5. The van der Waals surface area contributed by atoms with Crippen molar-refractivity contribution < 1.29 is 81.5 Å². The number of esters is 1. The van der Waals surface area contributed by atoms with E-state index >= 15 is 0 Å². The highest BCUT2D eigenvalue weighted by atomic mass is 16.5. The van der Waals surface area contributed by atoms with Gasteiger partial charge in [0, 0.05) is 86.2 Å². The Hall–Kier alpha value is -10.2. The quantitative estimate of drug-likeness (QED) is 0.0382. The lowest BCUT2D eigenvalue weighted by molar-refractivity contribution is -0.148. The molecule has 5 aromatic carbocycles. The van der Waals surface area contributed by atoms with E-state index in [0.29, 0.717) is 135 Å². The van der Waals surface area contributed by atoms with Crippen molar-refractivity contribution in [3.05, 3.63) is 156 Å². The molecule has 0 atom stereocenters. The van der Waals surface area contributed by atoms with Gasteiger partial charge in [0.1, 0.15) is 0 Å². The maximum atomic E-state index is 12.5. The first-order chi connectivity index (χ1) is 46.0. The van der Waals surface area contributed by atoms with Crippen LogP contribution in [-0.2, 0) is 33.4 Å². The van der Waals surface area contributed by atoms with Gasteiger partial charge in [-0.25, -0.2) is 0 Å². The number of amides is 6. The summed E-state index contributed by atoms with van der Waals surface area (Å²) in [7, 11) is 7.61. The Kier molecular flexibility index (Phi) is 30.6. The van der Waals surface area contributed by atoms with Crippen molar-refractivity contribution in [1.82, 2.24) is 40.8 Å². The number of nitrogens with one attached hydrogen (secondary N) is 4. The average molecular weight is 1310 g/mol. The van der Waals surface area contributed by atoms with E-state index in [4.69, 9.17) is 48.6 Å². The van der Waals surface area contributed by atoms with Crippen LogP contribution in [-0.4, -0.2) is 202 Å². The molecule has 6 amide bonds. The molecule has 4 aliphatic heterocycles. The third-order valence-corrected chi connectivity index (χ3v) is 15.9. The first-order valence-electron chi connectivity index (χ1n) is 31.2. The van der Waals surface area contributed by atoms with Crippen molar-refractivity contribution in [3.63, 3.8) is 0 Å². The number of benzene rings is 5. The van der Waals surface area contributed by atoms with Gasteiger partial charge in [0.25, 0.3) is 17.7 Å². The average Bonchev–Trinajstić information content (AvgIpc) is 1.98. The Morgan fingerprint density at radius 3 is 1.29 bits per heavy atom. The lowest BCUT2D eigenvalue weighted by Crippen LogP contribution is -2.45. The van der Waals surface area contributed by atoms with E-state index in [9.17, 15) is 38.4 Å². The molecule has 4 fully saturated rings. The van der Waals surface area contributed by atoms with Gasteiger partial charge in [-0.05, 0) is 124 Å². The maximum absolute atomic E-state index is 12.5. The van der Waals surface area contributed by atoms with Crippen LogP contribution < -0.4 is 34.9 Å². The summed E-state index contributed by atoms with van der Waals surface area (Å²) in [4.78, 5) is 104. The number of likely N-dealkylation sites (tertiary alicyclic amines) is 3. The number of aliphatic hydroxyl groups is 1. The molecular formula is C69H85N9O17. The van der Waals surface area contributed by atoms with Gasteiger partial charge in [0.05, 0.1) is 79.3 Å². The number of rotatable bonds is 19. The molecule has 0 aliphatic carbocycles. The summed E-state index contributed by atoms with van der Waals surface area (Å²) in [5, 5.41) is 37.1. The molecule has 0 bridgehead atoms. The second-order valence-corrected chi connectivity index (χ2v) is 22.0. The molecule has 508 valence electrons. The van der Waals surface area contributed by atoms with Crippen molar-refractivity contribution >= 4 is 53.1 Å². The third-order valence-electron chi connectivity index (χ3n) is 15.9. The highest BCUT2D eigenvalue weighted by molar-refractivity contribution is 6.00. The summed E-state index contributed by atoms with van der Waals surface area (Å²) in [6, 6.07) is 36.8. The maximum Gasteiger partial charge on any atom is 0.308 e. The number of aliphatic carboxylic acids is 1. The summed E-state index contributed by atoms with van der Waals surface area (Å²) in [5.41, 5.74) is 3.13. The lowest BCUT2D eigenvalue weighted by atomic mass is 9.96. The zero-order valence-corrected chi connectivity index (χ0v) is 54.3. The zero-order valence-electron chi connectivity index (χ0n) is 54.3. The van der Waals surface area contributed by atoms with Crippen LogP contribution >= 0.6 is 0 Å². The van der Waals surface area contributed by atoms with E-state index < -0.39 is 5.97 Å². The number of carboxylic acid groups (broad SMARTS) is 1. The molecular weight excluding hydrogens is 1230 g/mol. The fourth-order valence-electron chi connectivity index (χ4n) is 10.3. The van der Waals surface area contributed by atoms with E-state index in [2.05, 4.69) is 26.1 Å². The third kappa shape index (κ3) is 23.4. The van der Waals surface area contributed by atoms with Gasteiger partial charge >= 0.3 is 11.9 Å². The van der Waals surface area contributed by atoms with Gasteiger partial charge in [-0.3, -0.25) is 38.4 Å². The number of ether oxygens (including phenoxy) is 6. The minimum absolute atomic E-state index is 0.0254. The fourth-order valence-corrected chi connectivity index (χ4v) is 10.3. The number of hydrogen-bond donors (Lipinski definition) is 6. The van der Waals surface area contributed by atoms with E-state index in [0.717, 1.165) is 18.8 Å². The molecule has 0 unspecified atom stereocenters. The van der Waals surface area contributed by atoms with Crippen LogP contribution in [0.25, 0.3) is 11.4 Å². The predicted octanol–water partition coefficient (Wildman–Crippen LogP) is 6.32. The fraction of sp³-hybridized carbons (Fsp3) is 0.406. The van der Waals surface area contributed by atoms with E-state index in [1.165, 1.54) is 27.1 Å². The number of aliphatic hydroxyl groups excluding tert-OH is 1. The molecule has 26 heteroatoms. The van der Waals surface area contributed by atoms with Gasteiger partial charge in [-0.2, -0.15) is 4.98 Å². The molecule has 0 radical (unpaired) electrons. The van der Waals surface area contributed by atoms with Gasteiger partial charge in [-0.1, -0.05) is 59.8 Å². The predicted molar refractivity (Wildman–Crippen MR) is 349 cm³/mol. The number of carboxylic acids is 1. The van der Waals surface area contributed by atoms with Crippen LogP contribution in [0.5, 0.6) is 23.0 Å². The normalized spacial score (nSPS) is 14.5. The standard InChI is InChI=1S/C24H26N4O5.C16H20N2O4.C15H18N2O4.C10H13NO3.C4H8O/c1-31-19-9-8-18(14-20(19)32-2)22-26-24(33-27-22)17-10-12-28(13-11-17)21(29)15-25-23(30)16-6-4-3-5-7-16;1-22-16(21)13-7-9-18(10-8-13)14(19)11-17-15(20)12-5-3-2-4-6-12;18-13(17-8-6-12(7-9-17)15(20)21)10-16-14(19)11-4-2-1-3-5-11;1-13-9-4-3-7(8(11)6-12)5-10(9)14-2;1-2-4-5-3-1/h3-9,14,17H,10-13,15H2,1-2H3,(H,25,30);2-6,13H,7-11H2,1H3,(H,17,20);1-5,12H,6-10H2,(H,16,19)(H,20,21);3-5,11-12H,6H2,1-2H3;1-4H2. The molecule has 5 heterocycles. The Bertz CT molecular complexity index is 3430. The summed E-state index contributed by atoms with van der Waals surface area (Å²) in [6.45, 7) is 4.62. The van der Waals surface area contributed by atoms with Crippen molar-refractivity contribution in [2.75, 3.05) is 114 Å². The van der Waals surface area contributed by atoms with Crippen LogP contribution in [0.4, 0.5) is 0 Å². The molecule has 1 aromatic heterocycles. The molecule has 6 aromatic rings. The van der Waals surface area contributed by atoms with Crippen molar-refractivity contribution in [3.8, 4) is 34.4 Å². The molecule has 0 saturated carbocycles. The van der Waals surface area contributed by atoms with Crippen LogP contribution in [0.1, 0.15) is 99.8 Å². The first-order valence-corrected chi connectivity index (χ1v) is 31.2. The second kappa shape index (κ2) is 39.4. The highest BCUT2D eigenvalue weighted by Crippen LogP contribution is 2.34. The lowest BCUT2D eigenvalue weighted by Gasteiger charge is -2.30. The van der Waals surface area contributed by atoms with E-state index in [-0.39, 0.29) is 91.1 Å². The number of carbonyl (C=O) groups excluding carboxylic acids is 7. The molecule has 95 heavy (non-hydrogen) atoms. The molecule has 0 spiro atoms. The Balaban J connectivity index is 0.000000203. The first kappa shape index (κ1) is 73.8. The molecule has 10 rings (SSSR count). The van der Waals surface area contributed by atoms with Crippen LogP contribution in [0.15, 0.2) is 132 Å². The highest BCUT2D eigenvalue weighted by Gasteiger charge is 2.31. The summed E-state index contributed by atoms with van der Waals surface area (Å²) < 4.78 is 35.9. The van der Waals surface area contributed by atoms with Crippen LogP contribution in [0, 0.1) is 17.2 Å². The largest absolute Gasteiger partial charge is 0.493 e. The monoisotopic (exact) mass is 1310 g/mol. The van der Waals surface area contributed by atoms with E-state index in [1.54, 1.807) is 139 Å². The van der Waals surface area contributed by atoms with Crippen LogP contribution in [0.3, 0.4) is 0 Å². The number of nitrogens with zero attached hydrogens (tertiary/aromatic N) is 5. The molecule has 6 N–H and O–H groups in total. The Morgan fingerprint density at radius 2 is 0.916 bits per heavy atom. The van der Waals surface area contributed by atoms with Crippen molar-refractivity contribution in [2.45, 2.75) is 57.3 Å². The smallest absolute Gasteiger partial charge is 0.308 e. The van der Waals surface area contributed by atoms with Crippen LogP contribution in [0.2, 0.25) is 0 Å². The molecule has 4 aliphatic rings. The van der Waals surface area contributed by atoms with Crippen molar-refractivity contribution in [2.24, 2.45) is 11.8 Å². The number of carbonyl (C=O) groups is 8. The Morgan fingerprint density at radius 1 is 0.516 bits per heavy atom. The van der Waals surface area contributed by atoms with Gasteiger partial charge in [0.2, 0.25) is 29.4 Å². The topological polar surface area (TPSA) is 341 Å². The summed E-state index contributed by atoms with van der Waals surface area (Å²) >= 11 is 0. The van der Waals surface area contributed by atoms with Crippen molar-refractivity contribution in [1.29, 1.82) is 5.41 Å². The molecule has 4 saturated heterocycles. The molecule has 26 nitrogen and oxygen atoms in total. The van der Waals surface area contributed by atoms with Gasteiger partial charge < -0.3 is 79.2 Å². The number of methoxy groups -OCH3 is 5. The minimum atomic E-state index is -0.806. The number of aromatic nitrogens is 2. The summed E-state index contributed by atoms with van der Waals surface area (Å²) in [5.74, 6) is 0.761.